The zero-order valence-corrected chi connectivity index (χ0v) is 9.49. The number of hydrogen-bond donors (Lipinski definition) is 3. The normalized spacial score (nSPS) is 16.5. The maximum absolute atomic E-state index is 11.4. The van der Waals surface area contributed by atoms with Crippen molar-refractivity contribution < 1.29 is 14.7 Å². The van der Waals surface area contributed by atoms with Crippen molar-refractivity contribution in [2.24, 2.45) is 17.6 Å². The average Bonchev–Trinajstić information content (AvgIpc) is 2.16. The predicted octanol–water partition coefficient (Wildman–Crippen LogP) is 0.197. The molecular formula is C10H20N2O3. The quantitative estimate of drug-likeness (QED) is 0.591. The minimum atomic E-state index is -0.883. The van der Waals surface area contributed by atoms with Crippen LogP contribution in [0.2, 0.25) is 0 Å². The summed E-state index contributed by atoms with van der Waals surface area (Å²) in [5.41, 5.74) is 5.56. The van der Waals surface area contributed by atoms with E-state index in [-0.39, 0.29) is 24.4 Å². The Morgan fingerprint density at radius 3 is 2.27 bits per heavy atom. The molecule has 0 fully saturated rings. The van der Waals surface area contributed by atoms with Gasteiger partial charge in [0.25, 0.3) is 0 Å². The first-order valence-electron chi connectivity index (χ1n) is 5.16. The van der Waals surface area contributed by atoms with E-state index in [0.717, 1.165) is 0 Å². The summed E-state index contributed by atoms with van der Waals surface area (Å²) in [7, 11) is 0. The van der Waals surface area contributed by atoms with Crippen LogP contribution in [0.4, 0.5) is 0 Å². The van der Waals surface area contributed by atoms with Gasteiger partial charge < -0.3 is 16.2 Å². The lowest BCUT2D eigenvalue weighted by Crippen LogP contribution is -2.41. The molecule has 0 bridgehead atoms. The third kappa shape index (κ3) is 4.78. The van der Waals surface area contributed by atoms with Gasteiger partial charge in [0.05, 0.1) is 5.92 Å². The Morgan fingerprint density at radius 1 is 1.40 bits per heavy atom. The van der Waals surface area contributed by atoms with E-state index < -0.39 is 11.9 Å². The van der Waals surface area contributed by atoms with Crippen LogP contribution in [0.15, 0.2) is 0 Å². The van der Waals surface area contributed by atoms with Crippen LogP contribution >= 0.6 is 0 Å². The Morgan fingerprint density at radius 2 is 1.93 bits per heavy atom. The smallest absolute Gasteiger partial charge is 0.308 e. The Bertz CT molecular complexity index is 229. The van der Waals surface area contributed by atoms with E-state index in [0.29, 0.717) is 6.42 Å². The fourth-order valence-corrected chi connectivity index (χ4v) is 1.03. The number of rotatable bonds is 6. The van der Waals surface area contributed by atoms with E-state index in [4.69, 9.17) is 10.8 Å². The van der Waals surface area contributed by atoms with Gasteiger partial charge in [-0.2, -0.15) is 0 Å². The summed E-state index contributed by atoms with van der Waals surface area (Å²) in [4.78, 5) is 22.1. The molecule has 0 aromatic carbocycles. The summed E-state index contributed by atoms with van der Waals surface area (Å²) in [5, 5.41) is 11.4. The molecule has 0 heterocycles. The number of nitrogens with two attached hydrogens (primary N) is 1. The van der Waals surface area contributed by atoms with Crippen LogP contribution in [0.5, 0.6) is 0 Å². The molecule has 0 aliphatic rings. The SMILES string of the molecule is CCC(CNC(=O)C(C)C(C)N)C(=O)O. The van der Waals surface area contributed by atoms with Crippen molar-refractivity contribution in [3.63, 3.8) is 0 Å². The van der Waals surface area contributed by atoms with E-state index in [1.54, 1.807) is 20.8 Å². The second-order valence-electron chi connectivity index (χ2n) is 3.84. The molecule has 0 rings (SSSR count). The van der Waals surface area contributed by atoms with E-state index in [1.807, 2.05) is 0 Å². The van der Waals surface area contributed by atoms with Gasteiger partial charge >= 0.3 is 5.97 Å². The third-order valence-corrected chi connectivity index (χ3v) is 2.57. The Kier molecular flexibility index (Phi) is 5.93. The number of carboxylic acids is 1. The zero-order chi connectivity index (χ0) is 12.0. The molecule has 3 atom stereocenters. The number of carbonyl (C=O) groups excluding carboxylic acids is 1. The average molecular weight is 216 g/mol. The summed E-state index contributed by atoms with van der Waals surface area (Å²) in [6.07, 6.45) is 0.502. The van der Waals surface area contributed by atoms with Gasteiger partial charge in [-0.05, 0) is 13.3 Å². The van der Waals surface area contributed by atoms with Gasteiger partial charge in [-0.15, -0.1) is 0 Å². The highest BCUT2D eigenvalue weighted by Gasteiger charge is 2.20. The van der Waals surface area contributed by atoms with Crippen LogP contribution in [-0.2, 0) is 9.59 Å². The van der Waals surface area contributed by atoms with Crippen molar-refractivity contribution in [2.45, 2.75) is 33.2 Å². The van der Waals surface area contributed by atoms with Crippen LogP contribution in [0.25, 0.3) is 0 Å². The van der Waals surface area contributed by atoms with Gasteiger partial charge in [0.2, 0.25) is 5.91 Å². The summed E-state index contributed by atoms with van der Waals surface area (Å²) >= 11 is 0. The van der Waals surface area contributed by atoms with Gasteiger partial charge in [-0.3, -0.25) is 9.59 Å². The van der Waals surface area contributed by atoms with E-state index in [1.165, 1.54) is 0 Å². The molecule has 0 aliphatic heterocycles. The number of carboxylic acid groups (broad SMARTS) is 1. The molecule has 0 aromatic heterocycles. The first-order chi connectivity index (χ1) is 6.90. The minimum Gasteiger partial charge on any atom is -0.481 e. The lowest BCUT2D eigenvalue weighted by molar-refractivity contribution is -0.141. The van der Waals surface area contributed by atoms with Gasteiger partial charge in [-0.1, -0.05) is 13.8 Å². The summed E-state index contributed by atoms with van der Waals surface area (Å²) in [6, 6.07) is -0.227. The molecule has 4 N–H and O–H groups in total. The van der Waals surface area contributed by atoms with Crippen LogP contribution in [0.1, 0.15) is 27.2 Å². The molecule has 0 saturated heterocycles. The molecule has 5 nitrogen and oxygen atoms in total. The maximum Gasteiger partial charge on any atom is 0.308 e. The molecular weight excluding hydrogens is 196 g/mol. The van der Waals surface area contributed by atoms with Crippen LogP contribution in [-0.4, -0.2) is 29.6 Å². The van der Waals surface area contributed by atoms with E-state index in [2.05, 4.69) is 5.32 Å². The van der Waals surface area contributed by atoms with Crippen molar-refractivity contribution in [1.82, 2.24) is 5.32 Å². The lowest BCUT2D eigenvalue weighted by Gasteiger charge is -2.17. The fraction of sp³-hybridized carbons (Fsp3) is 0.800. The number of amides is 1. The van der Waals surface area contributed by atoms with Crippen molar-refractivity contribution in [3.8, 4) is 0 Å². The topological polar surface area (TPSA) is 92.4 Å². The van der Waals surface area contributed by atoms with E-state index >= 15 is 0 Å². The van der Waals surface area contributed by atoms with Gasteiger partial charge in [-0.25, -0.2) is 0 Å². The number of aliphatic carboxylic acids is 1. The van der Waals surface area contributed by atoms with Crippen molar-refractivity contribution in [2.75, 3.05) is 6.54 Å². The molecule has 0 spiro atoms. The standard InChI is InChI=1S/C10H20N2O3/c1-4-8(10(14)15)5-12-9(13)6(2)7(3)11/h6-8H,4-5,11H2,1-3H3,(H,12,13)(H,14,15). The minimum absolute atomic E-state index is 0.168. The number of nitrogens with one attached hydrogen (secondary N) is 1. The van der Waals surface area contributed by atoms with Gasteiger partial charge in [0.15, 0.2) is 0 Å². The Hall–Kier alpha value is -1.10. The summed E-state index contributed by atoms with van der Waals surface area (Å²) in [6.45, 7) is 5.42. The molecule has 3 unspecified atom stereocenters. The second-order valence-corrected chi connectivity index (χ2v) is 3.84. The predicted molar refractivity (Wildman–Crippen MR) is 57.2 cm³/mol. The van der Waals surface area contributed by atoms with Gasteiger partial charge in [0, 0.05) is 18.5 Å². The second kappa shape index (κ2) is 6.40. The first kappa shape index (κ1) is 13.9. The van der Waals surface area contributed by atoms with Crippen molar-refractivity contribution >= 4 is 11.9 Å². The highest BCUT2D eigenvalue weighted by Crippen LogP contribution is 2.03. The highest BCUT2D eigenvalue weighted by atomic mass is 16.4. The fourth-order valence-electron chi connectivity index (χ4n) is 1.03. The van der Waals surface area contributed by atoms with E-state index in [9.17, 15) is 9.59 Å². The maximum atomic E-state index is 11.4. The molecule has 0 aromatic rings. The highest BCUT2D eigenvalue weighted by molar-refractivity contribution is 5.79. The summed E-state index contributed by atoms with van der Waals surface area (Å²) in [5.74, 6) is -1.89. The number of hydrogen-bond acceptors (Lipinski definition) is 3. The monoisotopic (exact) mass is 216 g/mol. The van der Waals surface area contributed by atoms with Crippen LogP contribution in [0.3, 0.4) is 0 Å². The molecule has 5 heteroatoms. The van der Waals surface area contributed by atoms with Crippen molar-refractivity contribution in [1.29, 1.82) is 0 Å². The van der Waals surface area contributed by atoms with Gasteiger partial charge in [0.1, 0.15) is 0 Å². The third-order valence-electron chi connectivity index (χ3n) is 2.57. The Balaban J connectivity index is 4.04. The van der Waals surface area contributed by atoms with Crippen molar-refractivity contribution in [3.05, 3.63) is 0 Å². The first-order valence-corrected chi connectivity index (χ1v) is 5.16. The molecule has 0 radical (unpaired) electrons. The largest absolute Gasteiger partial charge is 0.481 e. The Labute approximate surface area is 90.0 Å². The summed E-state index contributed by atoms with van der Waals surface area (Å²) < 4.78 is 0. The zero-order valence-electron chi connectivity index (χ0n) is 9.49. The lowest BCUT2D eigenvalue weighted by atomic mass is 10.0. The molecule has 88 valence electrons. The molecule has 15 heavy (non-hydrogen) atoms. The molecule has 0 saturated carbocycles. The van der Waals surface area contributed by atoms with Crippen LogP contribution < -0.4 is 11.1 Å². The number of carbonyl (C=O) groups is 2. The molecule has 0 aliphatic carbocycles. The van der Waals surface area contributed by atoms with Crippen LogP contribution in [0, 0.1) is 11.8 Å². The molecule has 1 amide bonds.